The topological polar surface area (TPSA) is 97.8 Å². The van der Waals surface area contributed by atoms with E-state index in [2.05, 4.69) is 16.0 Å². The SMILES string of the molecule is OB(O)c1ccc(-c2cc3cc4nc(cc5ccc(cc6nc(cc2[nH]3)C=C6)[nH]5)C=C4)cc1. The van der Waals surface area contributed by atoms with Gasteiger partial charge in [0.2, 0.25) is 0 Å². The molecule has 0 amide bonds. The minimum atomic E-state index is -1.49. The van der Waals surface area contributed by atoms with Crippen LogP contribution in [-0.4, -0.2) is 37.1 Å². The van der Waals surface area contributed by atoms with E-state index in [1.165, 1.54) is 0 Å². The quantitative estimate of drug-likeness (QED) is 0.312. The summed E-state index contributed by atoms with van der Waals surface area (Å²) in [6.45, 7) is 0. The highest BCUT2D eigenvalue weighted by Crippen LogP contribution is 2.27. The van der Waals surface area contributed by atoms with E-state index in [1.807, 2.05) is 72.8 Å². The van der Waals surface area contributed by atoms with Gasteiger partial charge in [0.15, 0.2) is 0 Å². The molecule has 33 heavy (non-hydrogen) atoms. The molecule has 8 bridgehead atoms. The number of aromatic amines is 2. The van der Waals surface area contributed by atoms with Crippen LogP contribution in [0, 0.1) is 0 Å². The predicted molar refractivity (Wildman–Crippen MR) is 134 cm³/mol. The third kappa shape index (κ3) is 3.91. The lowest BCUT2D eigenvalue weighted by molar-refractivity contribution is 0.426. The van der Waals surface area contributed by atoms with E-state index in [0.29, 0.717) is 5.46 Å². The molecule has 0 fully saturated rings. The first-order valence-corrected chi connectivity index (χ1v) is 10.6. The molecule has 0 aliphatic carbocycles. The molecule has 0 atom stereocenters. The van der Waals surface area contributed by atoms with Crippen molar-refractivity contribution < 1.29 is 10.0 Å². The van der Waals surface area contributed by atoms with Crippen LogP contribution in [0.5, 0.6) is 0 Å². The van der Waals surface area contributed by atoms with Crippen LogP contribution in [0.2, 0.25) is 0 Å². The molecular weight excluding hydrogens is 411 g/mol. The second kappa shape index (κ2) is 7.74. The molecule has 2 aliphatic rings. The summed E-state index contributed by atoms with van der Waals surface area (Å²) in [7, 11) is -1.49. The van der Waals surface area contributed by atoms with Crippen LogP contribution in [0.4, 0.5) is 0 Å². The summed E-state index contributed by atoms with van der Waals surface area (Å²) >= 11 is 0. The number of nitrogens with zero attached hydrogens (tertiary/aromatic N) is 2. The Balaban J connectivity index is 1.61. The summed E-state index contributed by atoms with van der Waals surface area (Å²) in [6, 6.07) is 21.4. The normalized spacial score (nSPS) is 12.3. The first-order chi connectivity index (χ1) is 16.1. The second-order valence-electron chi connectivity index (χ2n) is 8.08. The van der Waals surface area contributed by atoms with E-state index in [4.69, 9.17) is 9.97 Å². The number of nitrogens with one attached hydrogen (secondary N) is 2. The van der Waals surface area contributed by atoms with Gasteiger partial charge in [-0.15, -0.1) is 0 Å². The molecule has 4 N–H and O–H groups in total. The average Bonchev–Trinajstić information content (AvgIpc) is 3.59. The number of hydrogen-bond donors (Lipinski definition) is 4. The van der Waals surface area contributed by atoms with Crippen molar-refractivity contribution in [2.75, 3.05) is 0 Å². The number of rotatable bonds is 2. The standard InChI is InChI=1S/C26H19BN4O2/c32-27(33)17-3-1-16(2-4-17)25-14-24-13-22-8-7-20(29-22)11-18-5-6-19(28-18)12-21-9-10-23(30-21)15-26(25)31-24/h1-15,28,31-33H. The summed E-state index contributed by atoms with van der Waals surface area (Å²) < 4.78 is 0. The van der Waals surface area contributed by atoms with Crippen molar-refractivity contribution in [3.05, 3.63) is 89.5 Å². The van der Waals surface area contributed by atoms with E-state index in [9.17, 15) is 10.0 Å². The van der Waals surface area contributed by atoms with Crippen molar-refractivity contribution in [3.8, 4) is 11.1 Å². The van der Waals surface area contributed by atoms with Gasteiger partial charge >= 0.3 is 7.12 Å². The van der Waals surface area contributed by atoms with Gasteiger partial charge in [-0.25, -0.2) is 9.97 Å². The van der Waals surface area contributed by atoms with Gasteiger partial charge in [0.1, 0.15) is 0 Å². The maximum absolute atomic E-state index is 9.42. The Morgan fingerprint density at radius 3 is 1.70 bits per heavy atom. The van der Waals surface area contributed by atoms with Gasteiger partial charge in [-0.3, -0.25) is 0 Å². The molecule has 0 saturated heterocycles. The molecular formula is C26H19BN4O2. The monoisotopic (exact) mass is 430 g/mol. The van der Waals surface area contributed by atoms with Crippen molar-refractivity contribution in [1.82, 2.24) is 19.9 Å². The summed E-state index contributed by atoms with van der Waals surface area (Å²) in [5, 5.41) is 18.8. The van der Waals surface area contributed by atoms with Crippen molar-refractivity contribution in [3.63, 3.8) is 0 Å². The Hall–Kier alpha value is -4.20. The fraction of sp³-hybridized carbons (Fsp3) is 0. The molecule has 1 aromatic carbocycles. The summed E-state index contributed by atoms with van der Waals surface area (Å²) in [5.74, 6) is 0. The maximum Gasteiger partial charge on any atom is 0.488 e. The highest BCUT2D eigenvalue weighted by molar-refractivity contribution is 6.58. The zero-order chi connectivity index (χ0) is 22.4. The van der Waals surface area contributed by atoms with Crippen LogP contribution in [0.15, 0.2) is 66.7 Å². The van der Waals surface area contributed by atoms with Gasteiger partial charge < -0.3 is 20.0 Å². The number of H-pyrrole nitrogens is 2. The number of aromatic nitrogens is 4. The molecule has 4 aromatic rings. The van der Waals surface area contributed by atoms with Gasteiger partial charge in [0.25, 0.3) is 0 Å². The molecule has 0 radical (unpaired) electrons. The van der Waals surface area contributed by atoms with E-state index in [-0.39, 0.29) is 0 Å². The van der Waals surface area contributed by atoms with E-state index in [1.54, 1.807) is 12.1 Å². The fourth-order valence-corrected chi connectivity index (χ4v) is 4.09. The van der Waals surface area contributed by atoms with Gasteiger partial charge in [-0.1, -0.05) is 24.3 Å². The second-order valence-corrected chi connectivity index (χ2v) is 8.08. The Bertz CT molecular complexity index is 1590. The lowest BCUT2D eigenvalue weighted by Gasteiger charge is -2.02. The lowest BCUT2D eigenvalue weighted by Crippen LogP contribution is -2.29. The number of hydrogen-bond acceptors (Lipinski definition) is 4. The predicted octanol–water partition coefficient (Wildman–Crippen LogP) is 4.00. The molecule has 6 nitrogen and oxygen atoms in total. The lowest BCUT2D eigenvalue weighted by atomic mass is 9.80. The van der Waals surface area contributed by atoms with Crippen LogP contribution < -0.4 is 5.46 Å². The molecule has 5 heterocycles. The molecule has 158 valence electrons. The number of fused-ring (bicyclic) bond motifs is 8. The Labute approximate surface area is 189 Å². The summed E-state index contributed by atoms with van der Waals surface area (Å²) in [5.41, 5.74) is 9.65. The molecule has 0 saturated carbocycles. The van der Waals surface area contributed by atoms with Crippen LogP contribution in [0.3, 0.4) is 0 Å². The van der Waals surface area contributed by atoms with E-state index < -0.39 is 7.12 Å². The minimum absolute atomic E-state index is 0.451. The Morgan fingerprint density at radius 2 is 1.12 bits per heavy atom. The highest BCUT2D eigenvalue weighted by atomic mass is 16.4. The van der Waals surface area contributed by atoms with E-state index >= 15 is 0 Å². The maximum atomic E-state index is 9.42. The van der Waals surface area contributed by atoms with Crippen LogP contribution >= 0.6 is 0 Å². The zero-order valence-corrected chi connectivity index (χ0v) is 17.5. The Kier molecular flexibility index (Phi) is 4.57. The largest absolute Gasteiger partial charge is 0.488 e. The first kappa shape index (κ1) is 19.5. The van der Waals surface area contributed by atoms with Crippen molar-refractivity contribution >= 4 is 59.0 Å². The van der Waals surface area contributed by atoms with Crippen molar-refractivity contribution in [1.29, 1.82) is 0 Å². The molecule has 0 unspecified atom stereocenters. The fourth-order valence-electron chi connectivity index (χ4n) is 4.09. The van der Waals surface area contributed by atoms with Gasteiger partial charge in [-0.05, 0) is 77.8 Å². The Morgan fingerprint density at radius 1 is 0.576 bits per heavy atom. The number of benzene rings is 1. The molecule has 6 rings (SSSR count). The van der Waals surface area contributed by atoms with Gasteiger partial charge in [-0.2, -0.15) is 0 Å². The summed E-state index contributed by atoms with van der Waals surface area (Å²) in [4.78, 5) is 16.3. The minimum Gasteiger partial charge on any atom is -0.423 e. The first-order valence-electron chi connectivity index (χ1n) is 10.6. The van der Waals surface area contributed by atoms with Crippen LogP contribution in [-0.2, 0) is 0 Å². The third-order valence-corrected chi connectivity index (χ3v) is 5.69. The van der Waals surface area contributed by atoms with Crippen molar-refractivity contribution in [2.45, 2.75) is 0 Å². The van der Waals surface area contributed by atoms with Crippen LogP contribution in [0.1, 0.15) is 22.8 Å². The smallest absolute Gasteiger partial charge is 0.423 e. The van der Waals surface area contributed by atoms with Gasteiger partial charge in [0.05, 0.1) is 22.8 Å². The highest BCUT2D eigenvalue weighted by Gasteiger charge is 2.12. The molecule has 7 heteroatoms. The zero-order valence-electron chi connectivity index (χ0n) is 17.5. The third-order valence-electron chi connectivity index (χ3n) is 5.69. The van der Waals surface area contributed by atoms with E-state index in [0.717, 1.165) is 56.0 Å². The van der Waals surface area contributed by atoms with Crippen molar-refractivity contribution in [2.24, 2.45) is 0 Å². The average molecular weight is 430 g/mol. The van der Waals surface area contributed by atoms with Gasteiger partial charge in [0, 0.05) is 27.6 Å². The molecule has 3 aromatic heterocycles. The summed E-state index contributed by atoms with van der Waals surface area (Å²) in [6.07, 6.45) is 7.97. The molecule has 0 spiro atoms. The van der Waals surface area contributed by atoms with Crippen LogP contribution in [0.25, 0.3) is 57.5 Å². The molecule has 2 aliphatic heterocycles.